The maximum atomic E-state index is 12.8. The Morgan fingerprint density at radius 1 is 1.12 bits per heavy atom. The fourth-order valence-electron chi connectivity index (χ4n) is 4.10. The fraction of sp³-hybridized carbons (Fsp3) is 0.579. The summed E-state index contributed by atoms with van der Waals surface area (Å²) < 4.78 is 28.6. The monoisotopic (exact) mass is 379 g/mol. The molecule has 2 aliphatic rings. The van der Waals surface area contributed by atoms with Crippen LogP contribution in [0.25, 0.3) is 0 Å². The molecule has 1 atom stereocenters. The Balaban J connectivity index is 1.62. The van der Waals surface area contributed by atoms with E-state index in [1.54, 1.807) is 6.92 Å². The van der Waals surface area contributed by atoms with Gasteiger partial charge in [-0.2, -0.15) is 0 Å². The molecule has 142 valence electrons. The average molecular weight is 379 g/mol. The van der Waals surface area contributed by atoms with Gasteiger partial charge in [0.15, 0.2) is 16.4 Å². The van der Waals surface area contributed by atoms with Gasteiger partial charge >= 0.3 is 5.97 Å². The van der Waals surface area contributed by atoms with Gasteiger partial charge in [-0.05, 0) is 31.7 Å². The van der Waals surface area contributed by atoms with Gasteiger partial charge in [-0.1, -0.05) is 43.2 Å². The number of esters is 1. The predicted octanol–water partition coefficient (Wildman–Crippen LogP) is 1.73. The van der Waals surface area contributed by atoms with Crippen LogP contribution in [0.3, 0.4) is 0 Å². The van der Waals surface area contributed by atoms with Gasteiger partial charge in [-0.3, -0.25) is 9.59 Å². The number of hydrogen-bond donors (Lipinski definition) is 1. The van der Waals surface area contributed by atoms with Crippen LogP contribution in [0.2, 0.25) is 0 Å². The van der Waals surface area contributed by atoms with Gasteiger partial charge in [0.2, 0.25) is 0 Å². The molecule has 26 heavy (non-hydrogen) atoms. The summed E-state index contributed by atoms with van der Waals surface area (Å²) in [6.07, 6.45) is 3.71. The molecule has 1 heterocycles. The highest BCUT2D eigenvalue weighted by atomic mass is 32.2. The third-order valence-electron chi connectivity index (χ3n) is 5.45. The first-order valence-electron chi connectivity index (χ1n) is 8.99. The highest BCUT2D eigenvalue weighted by molar-refractivity contribution is 7.91. The van der Waals surface area contributed by atoms with E-state index in [0.717, 1.165) is 18.4 Å². The lowest BCUT2D eigenvalue weighted by Crippen LogP contribution is -2.49. The van der Waals surface area contributed by atoms with Crippen LogP contribution in [0, 0.1) is 0 Å². The molecule has 6 nitrogen and oxygen atoms in total. The first-order valence-corrected chi connectivity index (χ1v) is 10.8. The van der Waals surface area contributed by atoms with Crippen molar-refractivity contribution in [2.45, 2.75) is 50.0 Å². The van der Waals surface area contributed by atoms with E-state index < -0.39 is 26.7 Å². The summed E-state index contributed by atoms with van der Waals surface area (Å²) >= 11 is 0. The van der Waals surface area contributed by atoms with Gasteiger partial charge in [-0.15, -0.1) is 0 Å². The van der Waals surface area contributed by atoms with Crippen LogP contribution < -0.4 is 5.32 Å². The van der Waals surface area contributed by atoms with E-state index in [1.807, 2.05) is 30.3 Å². The zero-order valence-corrected chi connectivity index (χ0v) is 15.8. The van der Waals surface area contributed by atoms with Crippen LogP contribution >= 0.6 is 0 Å². The lowest BCUT2D eigenvalue weighted by atomic mass is 9.79. The number of rotatable bonds is 5. The molecular formula is C19H25NO5S. The smallest absolute Gasteiger partial charge is 0.317 e. The summed E-state index contributed by atoms with van der Waals surface area (Å²) in [6, 6.07) is 9.56. The van der Waals surface area contributed by atoms with Crippen molar-refractivity contribution in [3.05, 3.63) is 35.9 Å². The van der Waals surface area contributed by atoms with Crippen LogP contribution in [0.15, 0.2) is 30.3 Å². The van der Waals surface area contributed by atoms with Gasteiger partial charge in [0.05, 0.1) is 22.5 Å². The SMILES string of the molecule is C[C@@]1(NC(=O)COC(=O)C2(c3ccccc3)CCCC2)CCS(=O)(=O)C1. The Morgan fingerprint density at radius 2 is 1.77 bits per heavy atom. The Hall–Kier alpha value is -1.89. The van der Waals surface area contributed by atoms with Crippen molar-refractivity contribution >= 4 is 21.7 Å². The molecule has 1 aliphatic heterocycles. The maximum Gasteiger partial charge on any atom is 0.317 e. The lowest BCUT2D eigenvalue weighted by Gasteiger charge is -2.28. The van der Waals surface area contributed by atoms with E-state index in [4.69, 9.17) is 4.74 Å². The van der Waals surface area contributed by atoms with Crippen LogP contribution in [-0.4, -0.2) is 43.9 Å². The van der Waals surface area contributed by atoms with Gasteiger partial charge in [-0.25, -0.2) is 8.42 Å². The van der Waals surface area contributed by atoms with Crippen molar-refractivity contribution in [3.8, 4) is 0 Å². The van der Waals surface area contributed by atoms with E-state index in [2.05, 4.69) is 5.32 Å². The molecule has 1 N–H and O–H groups in total. The Kier molecular flexibility index (Phi) is 5.10. The van der Waals surface area contributed by atoms with Gasteiger partial charge in [0, 0.05) is 0 Å². The number of sulfone groups is 1. The highest BCUT2D eigenvalue weighted by Crippen LogP contribution is 2.42. The average Bonchev–Trinajstić information content (AvgIpc) is 3.19. The topological polar surface area (TPSA) is 89.5 Å². The zero-order chi connectivity index (χ0) is 18.8. The van der Waals surface area contributed by atoms with Crippen LogP contribution in [0.1, 0.15) is 44.6 Å². The minimum Gasteiger partial charge on any atom is -0.455 e. The minimum absolute atomic E-state index is 0.0701. The maximum absolute atomic E-state index is 12.8. The first kappa shape index (κ1) is 18.9. The molecular weight excluding hydrogens is 354 g/mol. The molecule has 1 aromatic rings. The number of benzene rings is 1. The Labute approximate surface area is 154 Å². The minimum atomic E-state index is -3.11. The molecule has 1 aromatic carbocycles. The molecule has 7 heteroatoms. The highest BCUT2D eigenvalue weighted by Gasteiger charge is 2.44. The Morgan fingerprint density at radius 3 is 2.35 bits per heavy atom. The molecule has 1 saturated heterocycles. The van der Waals surface area contributed by atoms with Gasteiger partial charge in [0.1, 0.15) is 0 Å². The first-order chi connectivity index (χ1) is 12.2. The molecule has 3 rings (SSSR count). The second-order valence-corrected chi connectivity index (χ2v) is 9.87. The van der Waals surface area contributed by atoms with Crippen molar-refractivity contribution < 1.29 is 22.7 Å². The number of amides is 1. The summed E-state index contributed by atoms with van der Waals surface area (Å²) in [7, 11) is -3.11. The summed E-state index contributed by atoms with van der Waals surface area (Å²) in [6.45, 7) is 1.32. The van der Waals surface area contributed by atoms with E-state index in [1.165, 1.54) is 0 Å². The van der Waals surface area contributed by atoms with E-state index >= 15 is 0 Å². The molecule has 0 spiro atoms. The van der Waals surface area contributed by atoms with Crippen molar-refractivity contribution in [1.29, 1.82) is 0 Å². The summed E-state index contributed by atoms with van der Waals surface area (Å²) in [5, 5.41) is 2.71. The molecule has 1 aliphatic carbocycles. The number of nitrogens with one attached hydrogen (secondary N) is 1. The molecule has 1 saturated carbocycles. The lowest BCUT2D eigenvalue weighted by molar-refractivity contribution is -0.154. The summed E-state index contributed by atoms with van der Waals surface area (Å²) in [5.74, 6) is -0.839. The van der Waals surface area contributed by atoms with E-state index in [-0.39, 0.29) is 24.1 Å². The molecule has 0 bridgehead atoms. The molecule has 0 radical (unpaired) electrons. The Bertz CT molecular complexity index is 783. The second kappa shape index (κ2) is 7.02. The van der Waals surface area contributed by atoms with Crippen molar-refractivity contribution in [1.82, 2.24) is 5.32 Å². The molecule has 0 aromatic heterocycles. The van der Waals surface area contributed by atoms with E-state index in [9.17, 15) is 18.0 Å². The summed E-state index contributed by atoms with van der Waals surface area (Å²) in [4.78, 5) is 25.0. The molecule has 2 fully saturated rings. The van der Waals surface area contributed by atoms with Crippen LogP contribution in [-0.2, 0) is 29.6 Å². The second-order valence-electron chi connectivity index (χ2n) is 7.68. The van der Waals surface area contributed by atoms with E-state index in [0.29, 0.717) is 19.3 Å². The fourth-order valence-corrected chi connectivity index (χ4v) is 6.19. The third-order valence-corrected chi connectivity index (χ3v) is 7.36. The number of ether oxygens (including phenoxy) is 1. The largest absolute Gasteiger partial charge is 0.455 e. The van der Waals surface area contributed by atoms with Crippen LogP contribution in [0.5, 0.6) is 0 Å². The zero-order valence-electron chi connectivity index (χ0n) is 15.0. The van der Waals surface area contributed by atoms with Crippen molar-refractivity contribution in [2.24, 2.45) is 0 Å². The van der Waals surface area contributed by atoms with Gasteiger partial charge in [0.25, 0.3) is 5.91 Å². The van der Waals surface area contributed by atoms with Crippen LogP contribution in [0.4, 0.5) is 0 Å². The normalized spacial score (nSPS) is 26.3. The standard InChI is InChI=1S/C19H25NO5S/c1-18(11-12-26(23,24)14-18)20-16(21)13-25-17(22)19(9-5-6-10-19)15-7-3-2-4-8-15/h2-4,7-8H,5-6,9-14H2,1H3,(H,20,21)/t18-/m1/s1. The molecule has 0 unspecified atom stereocenters. The predicted molar refractivity (Wildman–Crippen MR) is 97.4 cm³/mol. The third kappa shape index (κ3) is 3.92. The summed E-state index contributed by atoms with van der Waals surface area (Å²) in [5.41, 5.74) is -0.536. The quantitative estimate of drug-likeness (QED) is 0.787. The van der Waals surface area contributed by atoms with Crippen molar-refractivity contribution in [2.75, 3.05) is 18.1 Å². The van der Waals surface area contributed by atoms with Crippen molar-refractivity contribution in [3.63, 3.8) is 0 Å². The van der Waals surface area contributed by atoms with Gasteiger partial charge < -0.3 is 10.1 Å². The number of hydrogen-bond acceptors (Lipinski definition) is 5. The number of carbonyl (C=O) groups excluding carboxylic acids is 2. The molecule has 1 amide bonds. The number of carbonyl (C=O) groups is 2.